The zero-order valence-electron chi connectivity index (χ0n) is 23.3. The second-order valence-corrected chi connectivity index (χ2v) is 11.1. The number of fused-ring (bicyclic) bond motifs is 1. The zero-order valence-corrected chi connectivity index (χ0v) is 26.5. The highest BCUT2D eigenvalue weighted by Gasteiger charge is 2.42. The van der Waals surface area contributed by atoms with Crippen molar-refractivity contribution in [3.63, 3.8) is 0 Å². The second-order valence-electron chi connectivity index (χ2n) is 10.0. The molecule has 0 unspecified atom stereocenters. The van der Waals surface area contributed by atoms with Crippen LogP contribution in [0.3, 0.4) is 0 Å². The Balaban J connectivity index is 1.49. The second kappa shape index (κ2) is 17.0. The lowest BCUT2D eigenvalue weighted by Gasteiger charge is -2.30. The van der Waals surface area contributed by atoms with Crippen LogP contribution in [0.5, 0.6) is 0 Å². The third-order valence-electron chi connectivity index (χ3n) is 7.08. The van der Waals surface area contributed by atoms with E-state index in [9.17, 15) is 20.1 Å². The average molecular weight is 721 g/mol. The highest BCUT2D eigenvalue weighted by atomic mass is 79.9. The molecular formula is C31H35Br2N3O7. The Hall–Kier alpha value is -2.71. The lowest BCUT2D eigenvalue weighted by atomic mass is 10.0. The first-order valence-electron chi connectivity index (χ1n) is 13.9. The van der Waals surface area contributed by atoms with Gasteiger partial charge in [0.05, 0.1) is 25.4 Å². The standard InChI is InChI=1S/C31H35Br2N3O7/c32-15-7-17-41-28(30(40)34-25-22-13-5-4-12-21(22)19-23(25)37)26(38)27(39)29(42-18-8-16-33)31-36-35-24(43-31)14-6-11-20-9-2-1-3-10-20/h1-5,7-10,12-13,15-16,23,25-29,37-39H,6,11,14,17-19H2,(H,34,40)/b15-7+,16-8+/t23-,25+,26-,27-,28-,29-/m1/s1. The summed E-state index contributed by atoms with van der Waals surface area (Å²) in [6.45, 7) is 0.00139. The molecule has 0 saturated carbocycles. The molecule has 0 bridgehead atoms. The number of aryl methyl sites for hydroxylation is 2. The molecule has 0 saturated heterocycles. The molecule has 3 aromatic rings. The normalized spacial score (nSPS) is 19.4. The highest BCUT2D eigenvalue weighted by Crippen LogP contribution is 2.32. The maximum Gasteiger partial charge on any atom is 0.252 e. The summed E-state index contributed by atoms with van der Waals surface area (Å²) < 4.78 is 17.4. The van der Waals surface area contributed by atoms with Gasteiger partial charge in [0, 0.05) is 12.8 Å². The molecular weight excluding hydrogens is 686 g/mol. The fourth-order valence-electron chi connectivity index (χ4n) is 4.95. The number of rotatable bonds is 16. The van der Waals surface area contributed by atoms with Crippen molar-refractivity contribution in [3.05, 3.63) is 105 Å². The van der Waals surface area contributed by atoms with E-state index in [2.05, 4.69) is 47.4 Å². The maximum atomic E-state index is 13.5. The fraction of sp³-hybridized carbons (Fsp3) is 0.387. The van der Waals surface area contributed by atoms with E-state index in [4.69, 9.17) is 13.9 Å². The Labute approximate surface area is 267 Å². The number of hydrogen-bond acceptors (Lipinski definition) is 9. The van der Waals surface area contributed by atoms with Gasteiger partial charge >= 0.3 is 0 Å². The monoisotopic (exact) mass is 719 g/mol. The van der Waals surface area contributed by atoms with Gasteiger partial charge in [-0.2, -0.15) is 0 Å². The maximum absolute atomic E-state index is 13.5. The first kappa shape index (κ1) is 33.2. The topological polar surface area (TPSA) is 147 Å². The van der Waals surface area contributed by atoms with Crippen molar-refractivity contribution in [2.45, 2.75) is 62.2 Å². The van der Waals surface area contributed by atoms with Crippen molar-refractivity contribution in [1.29, 1.82) is 0 Å². The molecule has 6 atom stereocenters. The molecule has 0 fully saturated rings. The molecule has 0 aliphatic heterocycles. The number of halogens is 2. The van der Waals surface area contributed by atoms with Crippen molar-refractivity contribution in [3.8, 4) is 0 Å². The Bertz CT molecular complexity index is 1350. The number of carbonyl (C=O) groups excluding carboxylic acids is 1. The number of carbonyl (C=O) groups is 1. The van der Waals surface area contributed by atoms with Gasteiger partial charge in [-0.25, -0.2) is 0 Å². The largest absolute Gasteiger partial charge is 0.422 e. The molecule has 0 radical (unpaired) electrons. The van der Waals surface area contributed by atoms with Crippen LogP contribution >= 0.6 is 31.9 Å². The molecule has 10 nitrogen and oxygen atoms in total. The number of hydrogen-bond donors (Lipinski definition) is 4. The van der Waals surface area contributed by atoms with E-state index in [1.165, 1.54) is 5.56 Å². The van der Waals surface area contributed by atoms with Crippen LogP contribution in [0.4, 0.5) is 0 Å². The molecule has 0 spiro atoms. The van der Waals surface area contributed by atoms with Gasteiger partial charge in [0.2, 0.25) is 11.8 Å². The number of nitrogens with one attached hydrogen (secondary N) is 1. The molecule has 1 heterocycles. The van der Waals surface area contributed by atoms with Gasteiger partial charge in [-0.1, -0.05) is 98.6 Å². The van der Waals surface area contributed by atoms with Crippen LogP contribution in [0.15, 0.2) is 81.1 Å². The molecule has 1 aliphatic carbocycles. The highest BCUT2D eigenvalue weighted by molar-refractivity contribution is 9.11. The number of benzene rings is 2. The molecule has 1 aromatic heterocycles. The summed E-state index contributed by atoms with van der Waals surface area (Å²) in [5.41, 5.74) is 2.90. The summed E-state index contributed by atoms with van der Waals surface area (Å²) in [6, 6.07) is 16.7. The van der Waals surface area contributed by atoms with Crippen LogP contribution in [0.25, 0.3) is 0 Å². The minimum Gasteiger partial charge on any atom is -0.422 e. The quantitative estimate of drug-likeness (QED) is 0.173. The SMILES string of the molecule is O=C(N[C@H]1c2ccccc2C[C@H]1O)[C@H](OC/C=C/Br)[C@H](O)[C@@H](O)[C@@H](OC/C=C/Br)c1nnc(CCCc2ccccc2)o1. The minimum atomic E-state index is -1.76. The van der Waals surface area contributed by atoms with Crippen LogP contribution in [0.1, 0.15) is 47.0 Å². The predicted molar refractivity (Wildman–Crippen MR) is 166 cm³/mol. The van der Waals surface area contributed by atoms with Crippen LogP contribution in [-0.4, -0.2) is 69.1 Å². The van der Waals surface area contributed by atoms with Gasteiger partial charge in [-0.3, -0.25) is 4.79 Å². The van der Waals surface area contributed by atoms with E-state index in [1.54, 1.807) is 22.1 Å². The number of ether oxygens (including phenoxy) is 2. The summed E-state index contributed by atoms with van der Waals surface area (Å²) in [6.07, 6.45) is -1.38. The lowest BCUT2D eigenvalue weighted by Crippen LogP contribution is -2.52. The van der Waals surface area contributed by atoms with Gasteiger partial charge in [-0.05, 0) is 39.5 Å². The van der Waals surface area contributed by atoms with Gasteiger partial charge < -0.3 is 34.5 Å². The van der Waals surface area contributed by atoms with E-state index in [-0.39, 0.29) is 19.1 Å². The Morgan fingerprint density at radius 1 is 0.977 bits per heavy atom. The average Bonchev–Trinajstić information content (AvgIpc) is 3.61. The predicted octanol–water partition coefficient (Wildman–Crippen LogP) is 4.00. The molecule has 230 valence electrons. The van der Waals surface area contributed by atoms with Crippen molar-refractivity contribution in [2.24, 2.45) is 0 Å². The van der Waals surface area contributed by atoms with Gasteiger partial charge in [0.15, 0.2) is 12.2 Å². The lowest BCUT2D eigenvalue weighted by molar-refractivity contribution is -0.161. The molecule has 1 aliphatic rings. The molecule has 4 N–H and O–H groups in total. The summed E-state index contributed by atoms with van der Waals surface area (Å²) in [5.74, 6) is -0.385. The zero-order chi connectivity index (χ0) is 30.6. The number of amides is 1. The van der Waals surface area contributed by atoms with Gasteiger partial charge in [0.25, 0.3) is 5.91 Å². The Kier molecular flexibility index (Phi) is 13.1. The summed E-state index contributed by atoms with van der Waals surface area (Å²) >= 11 is 6.34. The van der Waals surface area contributed by atoms with E-state index in [0.717, 1.165) is 24.0 Å². The number of nitrogens with zero attached hydrogens (tertiary/aromatic N) is 2. The fourth-order valence-corrected chi connectivity index (χ4v) is 5.25. The van der Waals surface area contributed by atoms with E-state index < -0.39 is 42.5 Å². The molecule has 2 aromatic carbocycles. The third-order valence-corrected chi connectivity index (χ3v) is 7.83. The minimum absolute atomic E-state index is 0.0381. The van der Waals surface area contributed by atoms with Crippen LogP contribution < -0.4 is 5.32 Å². The van der Waals surface area contributed by atoms with Crippen molar-refractivity contribution in [1.82, 2.24) is 15.5 Å². The summed E-state index contributed by atoms with van der Waals surface area (Å²) in [4.78, 5) is 16.6. The molecule has 43 heavy (non-hydrogen) atoms. The summed E-state index contributed by atoms with van der Waals surface area (Å²) in [5, 5.41) is 44.3. The number of aromatic nitrogens is 2. The van der Waals surface area contributed by atoms with Gasteiger partial charge in [0.1, 0.15) is 12.2 Å². The van der Waals surface area contributed by atoms with Crippen LogP contribution in [0, 0.1) is 0 Å². The molecule has 1 amide bonds. The first-order valence-corrected chi connectivity index (χ1v) is 15.8. The number of aliphatic hydroxyl groups is 3. The molecule has 4 rings (SSSR count). The van der Waals surface area contributed by atoms with Gasteiger partial charge in [-0.15, -0.1) is 10.2 Å². The Morgan fingerprint density at radius 2 is 1.67 bits per heavy atom. The first-order chi connectivity index (χ1) is 20.9. The van der Waals surface area contributed by atoms with E-state index in [1.807, 2.05) is 54.6 Å². The van der Waals surface area contributed by atoms with E-state index in [0.29, 0.717) is 18.7 Å². The third kappa shape index (κ3) is 9.15. The summed E-state index contributed by atoms with van der Waals surface area (Å²) in [7, 11) is 0. The van der Waals surface area contributed by atoms with Crippen LogP contribution in [0.2, 0.25) is 0 Å². The van der Waals surface area contributed by atoms with Crippen molar-refractivity contribution < 1.29 is 34.0 Å². The Morgan fingerprint density at radius 3 is 2.42 bits per heavy atom. The number of aliphatic hydroxyl groups excluding tert-OH is 3. The smallest absolute Gasteiger partial charge is 0.252 e. The van der Waals surface area contributed by atoms with Crippen molar-refractivity contribution >= 4 is 37.8 Å². The molecule has 12 heteroatoms. The van der Waals surface area contributed by atoms with E-state index >= 15 is 0 Å². The van der Waals surface area contributed by atoms with Crippen molar-refractivity contribution in [2.75, 3.05) is 13.2 Å². The van der Waals surface area contributed by atoms with Crippen LogP contribution in [-0.2, 0) is 33.5 Å².